The van der Waals surface area contributed by atoms with Gasteiger partial charge in [-0.25, -0.2) is 0 Å². The van der Waals surface area contributed by atoms with E-state index >= 15 is 0 Å². The summed E-state index contributed by atoms with van der Waals surface area (Å²) in [6.07, 6.45) is 4.45. The van der Waals surface area contributed by atoms with Crippen LogP contribution in [0.3, 0.4) is 0 Å². The third-order valence-electron chi connectivity index (χ3n) is 7.25. The number of amides is 1. The maximum atomic E-state index is 13.3. The predicted molar refractivity (Wildman–Crippen MR) is 140 cm³/mol. The number of benzene rings is 2. The lowest BCUT2D eigenvalue weighted by Gasteiger charge is -2.43. The monoisotopic (exact) mass is 491 g/mol. The first-order valence-corrected chi connectivity index (χ1v) is 13.1. The Hall–Kier alpha value is -3.15. The molecule has 3 atom stereocenters. The standard InChI is InChI=1S/C30H37NO5/c1-19(2)30(34)31-18-23-13-14-24(33)15-26(23)29-27(31)16-25(17-28(29)36-21(4)32)35-20(3)9-8-12-22-10-6-5-7-11-22/h5-7,10-11,16-17,19-20,23,26H,8-9,12-15,18H2,1-4H3. The maximum Gasteiger partial charge on any atom is 0.308 e. The summed E-state index contributed by atoms with van der Waals surface area (Å²) in [7, 11) is 0. The van der Waals surface area contributed by atoms with E-state index < -0.39 is 5.97 Å². The van der Waals surface area contributed by atoms with E-state index in [4.69, 9.17) is 9.47 Å². The van der Waals surface area contributed by atoms with Crippen LogP contribution in [0.4, 0.5) is 5.69 Å². The second kappa shape index (κ2) is 11.3. The van der Waals surface area contributed by atoms with E-state index in [0.29, 0.717) is 36.6 Å². The molecule has 1 heterocycles. The van der Waals surface area contributed by atoms with Crippen molar-refractivity contribution in [2.75, 3.05) is 11.4 Å². The van der Waals surface area contributed by atoms with Crippen LogP contribution in [0.1, 0.15) is 76.8 Å². The highest BCUT2D eigenvalue weighted by Crippen LogP contribution is 2.51. The van der Waals surface area contributed by atoms with E-state index in [-0.39, 0.29) is 35.5 Å². The number of hydrogen-bond acceptors (Lipinski definition) is 5. The lowest BCUT2D eigenvalue weighted by atomic mass is 9.71. The molecular weight excluding hydrogens is 454 g/mol. The summed E-state index contributed by atoms with van der Waals surface area (Å²) in [6, 6.07) is 14.0. The lowest BCUT2D eigenvalue weighted by Crippen LogP contribution is -2.45. The maximum absolute atomic E-state index is 13.3. The second-order valence-corrected chi connectivity index (χ2v) is 10.5. The molecule has 2 aromatic rings. The van der Waals surface area contributed by atoms with Crippen LogP contribution in [0.2, 0.25) is 0 Å². The third kappa shape index (κ3) is 5.97. The normalized spacial score (nSPS) is 19.9. The molecule has 36 heavy (non-hydrogen) atoms. The molecule has 0 radical (unpaired) electrons. The highest BCUT2D eigenvalue weighted by Gasteiger charge is 2.42. The van der Waals surface area contributed by atoms with Gasteiger partial charge in [-0.1, -0.05) is 44.2 Å². The molecule has 1 fully saturated rings. The van der Waals surface area contributed by atoms with Crippen LogP contribution in [-0.4, -0.2) is 30.3 Å². The molecule has 0 N–H and O–H groups in total. The number of hydrogen-bond donors (Lipinski definition) is 0. The molecule has 1 amide bonds. The van der Waals surface area contributed by atoms with Gasteiger partial charge in [0.05, 0.1) is 11.8 Å². The van der Waals surface area contributed by atoms with Gasteiger partial charge in [-0.05, 0) is 44.1 Å². The van der Waals surface area contributed by atoms with E-state index in [9.17, 15) is 14.4 Å². The zero-order chi connectivity index (χ0) is 25.8. The summed E-state index contributed by atoms with van der Waals surface area (Å²) in [5.41, 5.74) is 2.79. The van der Waals surface area contributed by atoms with Gasteiger partial charge < -0.3 is 14.4 Å². The molecule has 1 saturated carbocycles. The molecule has 2 aromatic carbocycles. The van der Waals surface area contributed by atoms with E-state index in [1.165, 1.54) is 12.5 Å². The number of nitrogens with zero attached hydrogens (tertiary/aromatic N) is 1. The molecular formula is C30H37NO5. The van der Waals surface area contributed by atoms with Gasteiger partial charge in [0.2, 0.25) is 5.91 Å². The van der Waals surface area contributed by atoms with Gasteiger partial charge in [0.1, 0.15) is 17.3 Å². The Morgan fingerprint density at radius 3 is 2.56 bits per heavy atom. The van der Waals surface area contributed by atoms with Crippen molar-refractivity contribution in [2.24, 2.45) is 11.8 Å². The molecule has 6 heteroatoms. The summed E-state index contributed by atoms with van der Waals surface area (Å²) in [6.45, 7) is 7.75. The van der Waals surface area contributed by atoms with Crippen LogP contribution in [0.15, 0.2) is 42.5 Å². The van der Waals surface area contributed by atoms with Gasteiger partial charge in [-0.15, -0.1) is 0 Å². The van der Waals surface area contributed by atoms with Crippen molar-refractivity contribution >= 4 is 23.3 Å². The van der Waals surface area contributed by atoms with E-state index in [1.54, 1.807) is 6.07 Å². The first-order valence-electron chi connectivity index (χ1n) is 13.1. The molecule has 6 nitrogen and oxygen atoms in total. The minimum Gasteiger partial charge on any atom is -0.491 e. The second-order valence-electron chi connectivity index (χ2n) is 10.5. The predicted octanol–water partition coefficient (Wildman–Crippen LogP) is 5.86. The summed E-state index contributed by atoms with van der Waals surface area (Å²) in [5, 5.41) is 0. The van der Waals surface area contributed by atoms with Crippen LogP contribution in [0, 0.1) is 11.8 Å². The zero-order valence-electron chi connectivity index (χ0n) is 21.8. The number of Topliss-reactive ketones (excluding diaryl/α,β-unsaturated/α-hetero) is 1. The molecule has 0 bridgehead atoms. The van der Waals surface area contributed by atoms with Crippen LogP contribution >= 0.6 is 0 Å². The summed E-state index contributed by atoms with van der Waals surface area (Å²) < 4.78 is 12.0. The molecule has 1 aliphatic heterocycles. The first kappa shape index (κ1) is 25.9. The Balaban J connectivity index is 1.63. The Labute approximate surface area is 214 Å². The van der Waals surface area contributed by atoms with E-state index in [2.05, 4.69) is 12.1 Å². The number of esters is 1. The van der Waals surface area contributed by atoms with Gasteiger partial charge >= 0.3 is 5.97 Å². The number of carbonyl (C=O) groups excluding carboxylic acids is 3. The van der Waals surface area contributed by atoms with Crippen molar-refractivity contribution in [1.82, 2.24) is 0 Å². The summed E-state index contributed by atoms with van der Waals surface area (Å²) in [4.78, 5) is 39.5. The first-order chi connectivity index (χ1) is 17.2. The molecule has 0 saturated heterocycles. The van der Waals surface area contributed by atoms with Crippen molar-refractivity contribution in [3.8, 4) is 11.5 Å². The molecule has 1 aliphatic carbocycles. The highest BCUT2D eigenvalue weighted by molar-refractivity contribution is 5.97. The molecule has 3 unspecified atom stereocenters. The number of anilines is 1. The highest BCUT2D eigenvalue weighted by atomic mass is 16.5. The van der Waals surface area contributed by atoms with Crippen molar-refractivity contribution in [3.05, 3.63) is 53.6 Å². The van der Waals surface area contributed by atoms with Crippen molar-refractivity contribution < 1.29 is 23.9 Å². The minimum absolute atomic E-state index is 0.0217. The largest absolute Gasteiger partial charge is 0.491 e. The van der Waals surface area contributed by atoms with Gasteiger partial charge in [-0.3, -0.25) is 14.4 Å². The van der Waals surface area contributed by atoms with Crippen LogP contribution in [-0.2, 0) is 20.8 Å². The summed E-state index contributed by atoms with van der Waals surface area (Å²) >= 11 is 0. The number of ketones is 1. The van der Waals surface area contributed by atoms with Gasteiger partial charge in [0.25, 0.3) is 0 Å². The topological polar surface area (TPSA) is 72.9 Å². The van der Waals surface area contributed by atoms with Gasteiger partial charge in [-0.2, -0.15) is 0 Å². The fraction of sp³-hybridized carbons (Fsp3) is 0.500. The number of aryl methyl sites for hydroxylation is 1. The van der Waals surface area contributed by atoms with Gasteiger partial charge in [0, 0.05) is 55.8 Å². The summed E-state index contributed by atoms with van der Waals surface area (Å²) in [5.74, 6) is 0.687. The smallest absolute Gasteiger partial charge is 0.308 e. The molecule has 2 aliphatic rings. The average Bonchev–Trinajstić information content (AvgIpc) is 2.83. The van der Waals surface area contributed by atoms with Crippen LogP contribution < -0.4 is 14.4 Å². The molecule has 192 valence electrons. The van der Waals surface area contributed by atoms with Gasteiger partial charge in [0.15, 0.2) is 0 Å². The Morgan fingerprint density at radius 1 is 1.11 bits per heavy atom. The number of rotatable bonds is 8. The Kier molecular flexibility index (Phi) is 8.12. The van der Waals surface area contributed by atoms with Crippen molar-refractivity contribution in [2.45, 2.75) is 78.2 Å². The number of fused-ring (bicyclic) bond motifs is 3. The van der Waals surface area contributed by atoms with Crippen molar-refractivity contribution in [1.29, 1.82) is 0 Å². The quantitative estimate of drug-likeness (QED) is 0.342. The average molecular weight is 492 g/mol. The fourth-order valence-corrected chi connectivity index (χ4v) is 5.49. The third-order valence-corrected chi connectivity index (χ3v) is 7.25. The minimum atomic E-state index is -0.434. The van der Waals surface area contributed by atoms with E-state index in [1.807, 2.05) is 49.9 Å². The molecule has 0 spiro atoms. The Bertz CT molecular complexity index is 1110. The Morgan fingerprint density at radius 2 is 1.86 bits per heavy atom. The SMILES string of the molecule is CC(=O)Oc1cc(OC(C)CCCc2ccccc2)cc2c1C1CC(=O)CCC1CN2C(=O)C(C)C. The fourth-order valence-electron chi connectivity index (χ4n) is 5.49. The zero-order valence-corrected chi connectivity index (χ0v) is 21.8. The lowest BCUT2D eigenvalue weighted by molar-refractivity contribution is -0.132. The molecule has 0 aromatic heterocycles. The number of carbonyl (C=O) groups is 3. The van der Waals surface area contributed by atoms with Crippen LogP contribution in [0.25, 0.3) is 0 Å². The van der Waals surface area contributed by atoms with E-state index in [0.717, 1.165) is 31.2 Å². The number of ether oxygens (including phenoxy) is 2. The van der Waals surface area contributed by atoms with Crippen LogP contribution in [0.5, 0.6) is 11.5 Å². The molecule has 4 rings (SSSR count). The van der Waals surface area contributed by atoms with Crippen molar-refractivity contribution in [3.63, 3.8) is 0 Å².